The van der Waals surface area contributed by atoms with Crippen LogP contribution >= 0.6 is 27.5 Å². The average Bonchev–Trinajstić information content (AvgIpc) is 2.87. The van der Waals surface area contributed by atoms with Crippen molar-refractivity contribution in [2.45, 2.75) is 25.3 Å². The van der Waals surface area contributed by atoms with E-state index < -0.39 is 29.3 Å². The molecule has 1 saturated heterocycles. The van der Waals surface area contributed by atoms with Crippen molar-refractivity contribution in [3.63, 3.8) is 0 Å². The molecular formula is C19H17BrClFN4O3. The van der Waals surface area contributed by atoms with Crippen LogP contribution in [0, 0.1) is 5.82 Å². The zero-order valence-corrected chi connectivity index (χ0v) is 17.6. The molecule has 0 aromatic heterocycles. The largest absolute Gasteiger partial charge is 0.344 e. The van der Waals surface area contributed by atoms with Crippen molar-refractivity contribution >= 4 is 51.2 Å². The lowest BCUT2D eigenvalue weighted by atomic mass is 9.93. The Labute approximate surface area is 179 Å². The normalized spacial score (nSPS) is 18.6. The topological polar surface area (TPSA) is 90.5 Å². The van der Waals surface area contributed by atoms with Crippen LogP contribution in [0.5, 0.6) is 0 Å². The maximum absolute atomic E-state index is 13.8. The number of amides is 5. The minimum absolute atomic E-state index is 0.0942. The number of urea groups is 2. The maximum Gasteiger partial charge on any atom is 0.344 e. The molecule has 152 valence electrons. The van der Waals surface area contributed by atoms with Gasteiger partial charge in [-0.15, -0.1) is 0 Å². The van der Waals surface area contributed by atoms with Gasteiger partial charge in [0.1, 0.15) is 11.4 Å². The highest BCUT2D eigenvalue weighted by Gasteiger charge is 2.48. The van der Waals surface area contributed by atoms with Crippen LogP contribution < -0.4 is 16.1 Å². The van der Waals surface area contributed by atoms with Gasteiger partial charge in [0, 0.05) is 9.50 Å². The van der Waals surface area contributed by atoms with Gasteiger partial charge < -0.3 is 10.6 Å². The SMILES string of the molecule is CC1(CCc2ccc(Cl)cc2)NC(=O)N(NC(=O)Nc2ccc(Br)cc2F)C1=O. The van der Waals surface area contributed by atoms with E-state index in [1.807, 2.05) is 12.1 Å². The fourth-order valence-corrected chi connectivity index (χ4v) is 3.30. The summed E-state index contributed by atoms with van der Waals surface area (Å²) in [6, 6.07) is 9.54. The zero-order chi connectivity index (χ0) is 21.2. The highest BCUT2D eigenvalue weighted by Crippen LogP contribution is 2.23. The summed E-state index contributed by atoms with van der Waals surface area (Å²) >= 11 is 8.98. The van der Waals surface area contributed by atoms with E-state index in [4.69, 9.17) is 11.6 Å². The fraction of sp³-hybridized carbons (Fsp3) is 0.211. The van der Waals surface area contributed by atoms with Crippen molar-refractivity contribution < 1.29 is 18.8 Å². The molecule has 1 heterocycles. The lowest BCUT2D eigenvalue weighted by Crippen LogP contribution is -2.50. The van der Waals surface area contributed by atoms with E-state index >= 15 is 0 Å². The molecule has 2 aromatic rings. The highest BCUT2D eigenvalue weighted by atomic mass is 79.9. The summed E-state index contributed by atoms with van der Waals surface area (Å²) in [6.07, 6.45) is 0.837. The molecule has 1 aliphatic rings. The second kappa shape index (κ2) is 8.38. The van der Waals surface area contributed by atoms with Crippen LogP contribution in [0.4, 0.5) is 19.7 Å². The van der Waals surface area contributed by atoms with Crippen LogP contribution in [0.3, 0.4) is 0 Å². The van der Waals surface area contributed by atoms with Gasteiger partial charge in [0.15, 0.2) is 0 Å². The number of carbonyl (C=O) groups is 3. The zero-order valence-electron chi connectivity index (χ0n) is 15.3. The second-order valence-electron chi connectivity index (χ2n) is 6.72. The van der Waals surface area contributed by atoms with Crippen molar-refractivity contribution in [2.75, 3.05) is 5.32 Å². The van der Waals surface area contributed by atoms with Crippen molar-refractivity contribution in [2.24, 2.45) is 0 Å². The van der Waals surface area contributed by atoms with E-state index in [1.54, 1.807) is 25.1 Å². The molecule has 10 heteroatoms. The number of rotatable bonds is 5. The number of aryl methyl sites for hydroxylation is 1. The number of carbonyl (C=O) groups excluding carboxylic acids is 3. The molecule has 3 rings (SSSR count). The Morgan fingerprint density at radius 1 is 1.24 bits per heavy atom. The third-order valence-corrected chi connectivity index (χ3v) is 5.23. The summed E-state index contributed by atoms with van der Waals surface area (Å²) in [5.41, 5.74) is 1.83. The molecule has 7 nitrogen and oxygen atoms in total. The smallest absolute Gasteiger partial charge is 0.322 e. The van der Waals surface area contributed by atoms with Crippen molar-refractivity contribution in [1.82, 2.24) is 15.8 Å². The van der Waals surface area contributed by atoms with Crippen LogP contribution in [-0.4, -0.2) is 28.5 Å². The first kappa shape index (κ1) is 21.1. The molecule has 0 spiro atoms. The van der Waals surface area contributed by atoms with E-state index in [1.165, 1.54) is 12.1 Å². The van der Waals surface area contributed by atoms with Gasteiger partial charge in [0.2, 0.25) is 0 Å². The summed E-state index contributed by atoms with van der Waals surface area (Å²) in [7, 11) is 0. The minimum atomic E-state index is -1.19. The summed E-state index contributed by atoms with van der Waals surface area (Å²) in [5, 5.41) is 6.05. The number of benzene rings is 2. The molecule has 5 amide bonds. The van der Waals surface area contributed by atoms with Gasteiger partial charge in [-0.25, -0.2) is 19.4 Å². The lowest BCUT2D eigenvalue weighted by molar-refractivity contribution is -0.132. The Kier molecular flexibility index (Phi) is 6.09. The molecule has 0 bridgehead atoms. The Morgan fingerprint density at radius 2 is 1.93 bits per heavy atom. The van der Waals surface area contributed by atoms with Crippen molar-refractivity contribution in [3.05, 3.63) is 63.3 Å². The molecule has 3 N–H and O–H groups in total. The van der Waals surface area contributed by atoms with Gasteiger partial charge in [-0.1, -0.05) is 39.7 Å². The van der Waals surface area contributed by atoms with E-state index in [0.29, 0.717) is 27.3 Å². The summed E-state index contributed by atoms with van der Waals surface area (Å²) in [5.74, 6) is -1.28. The molecule has 0 saturated carbocycles. The average molecular weight is 484 g/mol. The Morgan fingerprint density at radius 3 is 2.59 bits per heavy atom. The second-order valence-corrected chi connectivity index (χ2v) is 8.07. The van der Waals surface area contributed by atoms with E-state index in [0.717, 1.165) is 5.56 Å². The monoisotopic (exact) mass is 482 g/mol. The Hall–Kier alpha value is -2.65. The molecule has 1 fully saturated rings. The third-order valence-electron chi connectivity index (χ3n) is 4.48. The molecule has 0 aliphatic carbocycles. The number of hydrogen-bond donors (Lipinski definition) is 3. The Balaban J connectivity index is 1.63. The Bertz CT molecular complexity index is 972. The van der Waals surface area contributed by atoms with Crippen LogP contribution in [-0.2, 0) is 11.2 Å². The van der Waals surface area contributed by atoms with Gasteiger partial charge in [-0.05, 0) is 55.7 Å². The number of halogens is 3. The predicted octanol–water partition coefficient (Wildman–Crippen LogP) is 4.22. The molecule has 29 heavy (non-hydrogen) atoms. The number of imide groups is 1. The lowest BCUT2D eigenvalue weighted by Gasteiger charge is -2.21. The fourth-order valence-electron chi connectivity index (χ4n) is 2.84. The number of nitrogens with zero attached hydrogens (tertiary/aromatic N) is 1. The van der Waals surface area contributed by atoms with Crippen molar-refractivity contribution in [3.8, 4) is 0 Å². The predicted molar refractivity (Wildman–Crippen MR) is 110 cm³/mol. The number of nitrogens with one attached hydrogen (secondary N) is 3. The number of hydrazine groups is 1. The van der Waals surface area contributed by atoms with Crippen LogP contribution in [0.15, 0.2) is 46.9 Å². The van der Waals surface area contributed by atoms with Crippen LogP contribution in [0.1, 0.15) is 18.9 Å². The van der Waals surface area contributed by atoms with Gasteiger partial charge in [-0.2, -0.15) is 5.01 Å². The quantitative estimate of drug-likeness (QED) is 0.556. The third kappa shape index (κ3) is 4.86. The van der Waals surface area contributed by atoms with E-state index in [9.17, 15) is 18.8 Å². The molecule has 1 aliphatic heterocycles. The van der Waals surface area contributed by atoms with Crippen LogP contribution in [0.2, 0.25) is 5.02 Å². The van der Waals surface area contributed by atoms with Crippen LogP contribution in [0.25, 0.3) is 0 Å². The molecule has 1 unspecified atom stereocenters. The van der Waals surface area contributed by atoms with E-state index in [2.05, 4.69) is 32.0 Å². The van der Waals surface area contributed by atoms with E-state index in [-0.39, 0.29) is 5.69 Å². The summed E-state index contributed by atoms with van der Waals surface area (Å²) in [4.78, 5) is 37.1. The minimum Gasteiger partial charge on any atom is -0.322 e. The first-order valence-electron chi connectivity index (χ1n) is 8.62. The summed E-state index contributed by atoms with van der Waals surface area (Å²) < 4.78 is 14.4. The first-order valence-corrected chi connectivity index (χ1v) is 9.79. The summed E-state index contributed by atoms with van der Waals surface area (Å²) in [6.45, 7) is 1.58. The highest BCUT2D eigenvalue weighted by molar-refractivity contribution is 9.10. The molecule has 2 aromatic carbocycles. The molecule has 1 atom stereocenters. The van der Waals surface area contributed by atoms with Gasteiger partial charge >= 0.3 is 12.1 Å². The number of anilines is 1. The van der Waals surface area contributed by atoms with Gasteiger partial charge in [0.25, 0.3) is 5.91 Å². The standard InChI is InChI=1S/C19H17BrClFN4O3/c1-19(9-8-11-2-5-13(21)6-3-11)16(27)26(18(29)24-19)25-17(28)23-15-7-4-12(20)10-14(15)22/h2-7,10H,8-9H2,1H3,(H,24,29)(H2,23,25,28). The first-order chi connectivity index (χ1) is 13.7. The number of hydrogen-bond acceptors (Lipinski definition) is 3. The van der Waals surface area contributed by atoms with Crippen molar-refractivity contribution in [1.29, 1.82) is 0 Å². The van der Waals surface area contributed by atoms with Gasteiger partial charge in [-0.3, -0.25) is 4.79 Å². The molecular weight excluding hydrogens is 467 g/mol. The molecule has 0 radical (unpaired) electrons. The maximum atomic E-state index is 13.8. The van der Waals surface area contributed by atoms with Gasteiger partial charge in [0.05, 0.1) is 5.69 Å².